The molecule has 0 heterocycles. The van der Waals surface area contributed by atoms with E-state index in [1.54, 1.807) is 6.08 Å². The molecule has 0 amide bonds. The molecule has 14 heavy (non-hydrogen) atoms. The topological polar surface area (TPSA) is 29.5 Å². The lowest BCUT2D eigenvalue weighted by molar-refractivity contribution is 0.0230. The second-order valence-electron chi connectivity index (χ2n) is 5.12. The van der Waals surface area contributed by atoms with Gasteiger partial charge in [-0.05, 0) is 30.5 Å². The quantitative estimate of drug-likeness (QED) is 0.444. The summed E-state index contributed by atoms with van der Waals surface area (Å²) in [6, 6.07) is 0. The Balaban J connectivity index is 4.04. The number of rotatable bonds is 4. The van der Waals surface area contributed by atoms with E-state index in [4.69, 9.17) is 4.43 Å². The van der Waals surface area contributed by atoms with Crippen molar-refractivity contribution in [1.82, 2.24) is 0 Å². The van der Waals surface area contributed by atoms with Crippen molar-refractivity contribution < 1.29 is 9.53 Å². The van der Waals surface area contributed by atoms with Crippen molar-refractivity contribution in [2.75, 3.05) is 0 Å². The van der Waals surface area contributed by atoms with Gasteiger partial charge in [0.25, 0.3) is 0 Å². The van der Waals surface area contributed by atoms with E-state index in [2.05, 4.69) is 27.7 Å². The molecule has 0 aromatic carbocycles. The normalized spacial score (nSPS) is 17.7. The molecule has 2 unspecified atom stereocenters. The van der Waals surface area contributed by atoms with Crippen LogP contribution in [-0.2, 0) is 4.43 Å². The second kappa shape index (κ2) is 5.68. The maximum absolute atomic E-state index is 9.46. The third-order valence-electron chi connectivity index (χ3n) is 2.34. The van der Waals surface area contributed by atoms with Gasteiger partial charge in [0.2, 0.25) is 0 Å². The fraction of sp³-hybridized carbons (Fsp3) is 0.818. The van der Waals surface area contributed by atoms with Crippen LogP contribution < -0.4 is 0 Å². The van der Waals surface area contributed by atoms with Crippen molar-refractivity contribution >= 4 is 9.04 Å². The Morgan fingerprint density at radius 3 is 2.07 bits per heavy atom. The summed E-state index contributed by atoms with van der Waals surface area (Å²) in [5.74, 6) is 0.439. The number of allylic oxidation sites excluding steroid dienone is 1. The Morgan fingerprint density at radius 1 is 1.21 bits per heavy atom. The number of hydrogen-bond acceptors (Lipinski definition) is 2. The van der Waals surface area contributed by atoms with Crippen molar-refractivity contribution in [3.63, 3.8) is 0 Å². The monoisotopic (exact) mass is 216 g/mol. The van der Waals surface area contributed by atoms with E-state index in [-0.39, 0.29) is 5.41 Å². The average Bonchev–Trinajstić information content (AvgIpc) is 1.96. The van der Waals surface area contributed by atoms with E-state index in [9.17, 15) is 5.11 Å². The molecule has 1 N–H and O–H groups in total. The first kappa shape index (κ1) is 13.9. The first-order valence-corrected chi connectivity index (χ1v) is 8.03. The lowest BCUT2D eigenvalue weighted by Gasteiger charge is -2.24. The molecule has 0 aliphatic carbocycles. The third kappa shape index (κ3) is 6.35. The summed E-state index contributed by atoms with van der Waals surface area (Å²) in [5.41, 5.74) is 0.242. The molecule has 0 aliphatic rings. The summed E-state index contributed by atoms with van der Waals surface area (Å²) in [7, 11) is -1.13. The molecule has 2 nitrogen and oxygen atoms in total. The van der Waals surface area contributed by atoms with Crippen LogP contribution in [0.1, 0.15) is 27.7 Å². The summed E-state index contributed by atoms with van der Waals surface area (Å²) in [4.78, 5) is 0. The molecule has 0 saturated heterocycles. The first-order chi connectivity index (χ1) is 6.23. The highest BCUT2D eigenvalue weighted by Crippen LogP contribution is 2.26. The highest BCUT2D eigenvalue weighted by atomic mass is 28.3. The van der Waals surface area contributed by atoms with Gasteiger partial charge in [0.15, 0.2) is 15.3 Å². The summed E-state index contributed by atoms with van der Waals surface area (Å²) in [6.45, 7) is 12.8. The molecule has 0 aliphatic heterocycles. The fourth-order valence-electron chi connectivity index (χ4n) is 0.875. The van der Waals surface area contributed by atoms with Gasteiger partial charge >= 0.3 is 0 Å². The smallest absolute Gasteiger partial charge is 0.174 e. The second-order valence-corrected chi connectivity index (χ2v) is 7.48. The summed E-state index contributed by atoms with van der Waals surface area (Å²) >= 11 is 0. The zero-order valence-corrected chi connectivity index (χ0v) is 11.4. The van der Waals surface area contributed by atoms with Crippen LogP contribution in [0.4, 0.5) is 0 Å². The SMILES string of the molecule is CC(C=CC(O)O[SiH](C)C)C(C)(C)C. The number of hydrogen-bond donors (Lipinski definition) is 1. The van der Waals surface area contributed by atoms with Crippen molar-refractivity contribution in [3.8, 4) is 0 Å². The number of aliphatic hydroxyl groups excluding tert-OH is 1. The van der Waals surface area contributed by atoms with E-state index in [1.165, 1.54) is 0 Å². The maximum atomic E-state index is 9.46. The van der Waals surface area contributed by atoms with Crippen LogP contribution in [0.3, 0.4) is 0 Å². The van der Waals surface area contributed by atoms with Gasteiger partial charge in [-0.1, -0.05) is 33.8 Å². The largest absolute Gasteiger partial charge is 0.393 e. The maximum Gasteiger partial charge on any atom is 0.174 e. The molecule has 0 rings (SSSR count). The molecule has 0 aromatic heterocycles. The van der Waals surface area contributed by atoms with Gasteiger partial charge in [-0.2, -0.15) is 0 Å². The van der Waals surface area contributed by atoms with E-state index < -0.39 is 15.3 Å². The predicted octanol–water partition coefficient (Wildman–Crippen LogP) is 2.54. The Morgan fingerprint density at radius 2 is 1.71 bits per heavy atom. The van der Waals surface area contributed by atoms with E-state index in [1.807, 2.05) is 19.2 Å². The van der Waals surface area contributed by atoms with Gasteiger partial charge in [0, 0.05) is 0 Å². The predicted molar refractivity (Wildman–Crippen MR) is 63.7 cm³/mol. The first-order valence-electron chi connectivity index (χ1n) is 5.25. The molecule has 0 saturated carbocycles. The summed E-state index contributed by atoms with van der Waals surface area (Å²) in [5, 5.41) is 9.46. The Bertz CT molecular complexity index is 182. The molecular weight excluding hydrogens is 192 g/mol. The molecular formula is C11H24O2Si. The van der Waals surface area contributed by atoms with Crippen molar-refractivity contribution in [2.45, 2.75) is 47.1 Å². The van der Waals surface area contributed by atoms with Crippen LogP contribution in [0.25, 0.3) is 0 Å². The van der Waals surface area contributed by atoms with Crippen LogP contribution in [0.15, 0.2) is 12.2 Å². The zero-order valence-electron chi connectivity index (χ0n) is 10.2. The van der Waals surface area contributed by atoms with E-state index in [0.29, 0.717) is 5.92 Å². The minimum absolute atomic E-state index is 0.242. The van der Waals surface area contributed by atoms with Gasteiger partial charge in [0.1, 0.15) is 0 Å². The van der Waals surface area contributed by atoms with Crippen LogP contribution in [0.5, 0.6) is 0 Å². The van der Waals surface area contributed by atoms with Gasteiger partial charge in [-0.3, -0.25) is 0 Å². The fourth-order valence-corrected chi connectivity index (χ4v) is 1.52. The highest BCUT2D eigenvalue weighted by Gasteiger charge is 2.17. The number of aliphatic hydroxyl groups is 1. The molecule has 0 bridgehead atoms. The minimum Gasteiger partial charge on any atom is -0.393 e. The third-order valence-corrected chi connectivity index (χ3v) is 3.17. The van der Waals surface area contributed by atoms with E-state index in [0.717, 1.165) is 0 Å². The Hall–Kier alpha value is -0.123. The highest BCUT2D eigenvalue weighted by molar-refractivity contribution is 6.48. The lowest BCUT2D eigenvalue weighted by atomic mass is 9.82. The molecule has 0 radical (unpaired) electrons. The minimum atomic E-state index is -1.13. The van der Waals surface area contributed by atoms with E-state index >= 15 is 0 Å². The van der Waals surface area contributed by atoms with Crippen LogP contribution >= 0.6 is 0 Å². The lowest BCUT2D eigenvalue weighted by Crippen LogP contribution is -2.19. The van der Waals surface area contributed by atoms with Gasteiger partial charge in [0.05, 0.1) is 0 Å². The molecule has 0 fully saturated rings. The molecule has 84 valence electrons. The van der Waals surface area contributed by atoms with Crippen molar-refractivity contribution in [1.29, 1.82) is 0 Å². The van der Waals surface area contributed by atoms with Crippen LogP contribution in [0.2, 0.25) is 13.1 Å². The molecule has 0 aromatic rings. The Labute approximate surface area is 89.7 Å². The van der Waals surface area contributed by atoms with Crippen molar-refractivity contribution in [2.24, 2.45) is 11.3 Å². The van der Waals surface area contributed by atoms with Crippen molar-refractivity contribution in [3.05, 3.63) is 12.2 Å². The Kier molecular flexibility index (Phi) is 5.63. The summed E-state index contributed by atoms with van der Waals surface area (Å²) in [6.07, 6.45) is 3.07. The zero-order chi connectivity index (χ0) is 11.4. The molecule has 0 spiro atoms. The van der Waals surface area contributed by atoms with Gasteiger partial charge < -0.3 is 9.53 Å². The van der Waals surface area contributed by atoms with Gasteiger partial charge in [-0.25, -0.2) is 0 Å². The molecule has 3 heteroatoms. The standard InChI is InChI=1S/C11H24O2Si/c1-9(11(2,3)4)7-8-10(12)13-14(5)6/h7-10,12,14H,1-6H3. The van der Waals surface area contributed by atoms with Crippen LogP contribution in [0, 0.1) is 11.3 Å². The summed E-state index contributed by atoms with van der Waals surface area (Å²) < 4.78 is 5.32. The van der Waals surface area contributed by atoms with Crippen LogP contribution in [-0.4, -0.2) is 20.4 Å². The van der Waals surface area contributed by atoms with Gasteiger partial charge in [-0.15, -0.1) is 0 Å². The molecule has 2 atom stereocenters. The average molecular weight is 216 g/mol.